The van der Waals surface area contributed by atoms with Crippen LogP contribution in [0.15, 0.2) is 54.6 Å². The SMILES string of the molecule is CCN1CCN(c2nc(C(O)c3ccc(OC)cc3)cc3ccccc23)CC1.O=C(O)C(=O)O. The molecule has 2 heterocycles. The number of carboxylic acids is 2. The third-order valence-corrected chi connectivity index (χ3v) is 5.75. The number of carboxylic acid groups (broad SMARTS) is 2. The number of anilines is 1. The molecule has 1 aromatic heterocycles. The van der Waals surface area contributed by atoms with Gasteiger partial charge in [-0.05, 0) is 35.7 Å². The van der Waals surface area contributed by atoms with Crippen LogP contribution >= 0.6 is 0 Å². The predicted molar refractivity (Wildman–Crippen MR) is 128 cm³/mol. The number of aliphatic carboxylic acids is 2. The maximum Gasteiger partial charge on any atom is 0.414 e. The lowest BCUT2D eigenvalue weighted by atomic mass is 10.0. The lowest BCUT2D eigenvalue weighted by Crippen LogP contribution is -2.46. The van der Waals surface area contributed by atoms with Gasteiger partial charge in [0.05, 0.1) is 12.8 Å². The molecule has 180 valence electrons. The summed E-state index contributed by atoms with van der Waals surface area (Å²) in [6.45, 7) is 7.27. The first kappa shape index (κ1) is 24.9. The Bertz CT molecular complexity index is 1120. The number of hydrogen-bond donors (Lipinski definition) is 3. The molecule has 0 amide bonds. The quantitative estimate of drug-likeness (QED) is 0.486. The van der Waals surface area contributed by atoms with Crippen LogP contribution in [0.2, 0.25) is 0 Å². The van der Waals surface area contributed by atoms with Gasteiger partial charge in [-0.2, -0.15) is 0 Å². The molecule has 1 saturated heterocycles. The summed E-state index contributed by atoms with van der Waals surface area (Å²) in [5, 5.41) is 28.0. The normalized spacial score (nSPS) is 14.7. The van der Waals surface area contributed by atoms with Gasteiger partial charge in [0.2, 0.25) is 0 Å². The van der Waals surface area contributed by atoms with E-state index in [2.05, 4.69) is 34.9 Å². The van der Waals surface area contributed by atoms with Crippen molar-refractivity contribution in [3.63, 3.8) is 0 Å². The second-order valence-corrected chi connectivity index (χ2v) is 7.80. The van der Waals surface area contributed by atoms with Crippen molar-refractivity contribution in [3.8, 4) is 5.75 Å². The minimum Gasteiger partial charge on any atom is -0.497 e. The molecule has 3 N–H and O–H groups in total. The maximum atomic E-state index is 11.0. The highest BCUT2D eigenvalue weighted by Crippen LogP contribution is 2.31. The second kappa shape index (κ2) is 11.4. The van der Waals surface area contributed by atoms with E-state index in [1.807, 2.05) is 36.4 Å². The number of benzene rings is 2. The first-order valence-electron chi connectivity index (χ1n) is 11.0. The Morgan fingerprint density at radius 2 is 1.62 bits per heavy atom. The zero-order valence-corrected chi connectivity index (χ0v) is 19.2. The molecule has 0 radical (unpaired) electrons. The van der Waals surface area contributed by atoms with Crippen molar-refractivity contribution in [3.05, 3.63) is 65.9 Å². The van der Waals surface area contributed by atoms with Gasteiger partial charge in [0.15, 0.2) is 0 Å². The van der Waals surface area contributed by atoms with Crippen LogP contribution in [0, 0.1) is 0 Å². The summed E-state index contributed by atoms with van der Waals surface area (Å²) < 4.78 is 5.22. The molecule has 0 aliphatic carbocycles. The molecule has 0 spiro atoms. The minimum atomic E-state index is -1.82. The number of likely N-dealkylation sites (N-methyl/N-ethyl adjacent to an activating group) is 1. The van der Waals surface area contributed by atoms with Gasteiger partial charge in [0.1, 0.15) is 17.7 Å². The molecule has 1 unspecified atom stereocenters. The molecular weight excluding hydrogens is 438 g/mol. The lowest BCUT2D eigenvalue weighted by Gasteiger charge is -2.35. The summed E-state index contributed by atoms with van der Waals surface area (Å²) in [5.41, 5.74) is 1.49. The van der Waals surface area contributed by atoms with Crippen molar-refractivity contribution in [2.24, 2.45) is 0 Å². The number of nitrogens with zero attached hydrogens (tertiary/aromatic N) is 3. The second-order valence-electron chi connectivity index (χ2n) is 7.80. The first-order chi connectivity index (χ1) is 16.3. The van der Waals surface area contributed by atoms with Gasteiger partial charge in [-0.25, -0.2) is 14.6 Å². The van der Waals surface area contributed by atoms with Gasteiger partial charge < -0.3 is 29.9 Å². The Morgan fingerprint density at radius 1 is 1.00 bits per heavy atom. The molecule has 4 rings (SSSR count). The van der Waals surface area contributed by atoms with E-state index in [4.69, 9.17) is 29.5 Å². The van der Waals surface area contributed by atoms with Crippen LogP contribution in [0.3, 0.4) is 0 Å². The molecule has 34 heavy (non-hydrogen) atoms. The molecule has 1 fully saturated rings. The van der Waals surface area contributed by atoms with Crippen LogP contribution < -0.4 is 9.64 Å². The first-order valence-corrected chi connectivity index (χ1v) is 11.0. The molecule has 1 aliphatic heterocycles. The molecule has 1 atom stereocenters. The fourth-order valence-corrected chi connectivity index (χ4v) is 3.81. The summed E-state index contributed by atoms with van der Waals surface area (Å²) in [6.07, 6.45) is -0.772. The van der Waals surface area contributed by atoms with Crippen LogP contribution in [0.25, 0.3) is 10.8 Å². The highest BCUT2D eigenvalue weighted by Gasteiger charge is 2.21. The summed E-state index contributed by atoms with van der Waals surface area (Å²) in [7, 11) is 1.64. The standard InChI is InChI=1S/C23H27N3O2.C2H2O4/c1-3-25-12-14-26(15-13-25)23-20-7-5-4-6-18(20)16-21(24-23)22(27)17-8-10-19(28-2)11-9-17;3-1(4)2(5)6/h4-11,16,22,27H,3,12-15H2,1-2H3;(H,3,4)(H,5,6). The number of pyridine rings is 1. The molecular formula is C25H29N3O6. The number of aliphatic hydroxyl groups excluding tert-OH is 1. The van der Waals surface area contributed by atoms with Crippen molar-refractivity contribution in [1.82, 2.24) is 9.88 Å². The van der Waals surface area contributed by atoms with E-state index in [1.165, 1.54) is 0 Å². The Morgan fingerprint density at radius 3 is 2.18 bits per heavy atom. The average Bonchev–Trinajstić information content (AvgIpc) is 2.88. The van der Waals surface area contributed by atoms with Crippen LogP contribution in [0.5, 0.6) is 5.75 Å². The predicted octanol–water partition coefficient (Wildman–Crippen LogP) is 2.62. The van der Waals surface area contributed by atoms with Gasteiger partial charge in [-0.1, -0.05) is 43.3 Å². The average molecular weight is 468 g/mol. The summed E-state index contributed by atoms with van der Waals surface area (Å²) >= 11 is 0. The molecule has 9 heteroatoms. The number of piperazine rings is 1. The van der Waals surface area contributed by atoms with E-state index in [9.17, 15) is 5.11 Å². The molecule has 9 nitrogen and oxygen atoms in total. The smallest absolute Gasteiger partial charge is 0.414 e. The maximum absolute atomic E-state index is 11.0. The summed E-state index contributed by atoms with van der Waals surface area (Å²) in [4.78, 5) is 27.9. The number of aromatic nitrogens is 1. The minimum absolute atomic E-state index is 0.678. The number of fused-ring (bicyclic) bond motifs is 1. The van der Waals surface area contributed by atoms with E-state index in [0.29, 0.717) is 5.69 Å². The highest BCUT2D eigenvalue weighted by atomic mass is 16.5. The topological polar surface area (TPSA) is 123 Å². The number of hydrogen-bond acceptors (Lipinski definition) is 7. The van der Waals surface area contributed by atoms with E-state index >= 15 is 0 Å². The van der Waals surface area contributed by atoms with Gasteiger partial charge in [-0.3, -0.25) is 0 Å². The van der Waals surface area contributed by atoms with Gasteiger partial charge >= 0.3 is 11.9 Å². The fourth-order valence-electron chi connectivity index (χ4n) is 3.81. The largest absolute Gasteiger partial charge is 0.497 e. The zero-order chi connectivity index (χ0) is 24.7. The number of rotatable bonds is 5. The van der Waals surface area contributed by atoms with Crippen molar-refractivity contribution >= 4 is 28.5 Å². The van der Waals surface area contributed by atoms with E-state index in [0.717, 1.165) is 60.6 Å². The van der Waals surface area contributed by atoms with Crippen molar-refractivity contribution in [2.75, 3.05) is 44.7 Å². The molecule has 3 aromatic rings. The van der Waals surface area contributed by atoms with Crippen LogP contribution in [-0.4, -0.2) is 77.0 Å². The number of ether oxygens (including phenoxy) is 1. The lowest BCUT2D eigenvalue weighted by molar-refractivity contribution is -0.159. The Labute approximate surface area is 197 Å². The fraction of sp³-hybridized carbons (Fsp3) is 0.320. The summed E-state index contributed by atoms with van der Waals surface area (Å²) in [5.74, 6) is -1.90. The Hall–Kier alpha value is -3.69. The number of aliphatic hydroxyl groups is 1. The van der Waals surface area contributed by atoms with Crippen molar-refractivity contribution in [2.45, 2.75) is 13.0 Å². The van der Waals surface area contributed by atoms with E-state index < -0.39 is 18.0 Å². The number of carbonyl (C=O) groups is 2. The van der Waals surface area contributed by atoms with E-state index in [1.54, 1.807) is 7.11 Å². The van der Waals surface area contributed by atoms with Crippen LogP contribution in [-0.2, 0) is 9.59 Å². The Kier molecular flexibility index (Phi) is 8.39. The Balaban J connectivity index is 0.000000481. The molecule has 0 bridgehead atoms. The van der Waals surface area contributed by atoms with Gasteiger partial charge in [0, 0.05) is 31.6 Å². The third kappa shape index (κ3) is 6.00. The van der Waals surface area contributed by atoms with Gasteiger partial charge in [0.25, 0.3) is 0 Å². The van der Waals surface area contributed by atoms with Crippen LogP contribution in [0.4, 0.5) is 5.82 Å². The van der Waals surface area contributed by atoms with Crippen LogP contribution in [0.1, 0.15) is 24.3 Å². The zero-order valence-electron chi connectivity index (χ0n) is 19.2. The number of methoxy groups -OCH3 is 1. The van der Waals surface area contributed by atoms with Gasteiger partial charge in [-0.15, -0.1) is 0 Å². The monoisotopic (exact) mass is 467 g/mol. The van der Waals surface area contributed by atoms with Crippen molar-refractivity contribution < 1.29 is 29.6 Å². The summed E-state index contributed by atoms with van der Waals surface area (Å²) in [6, 6.07) is 17.8. The molecule has 0 saturated carbocycles. The highest BCUT2D eigenvalue weighted by molar-refractivity contribution is 6.27. The van der Waals surface area contributed by atoms with E-state index in [-0.39, 0.29) is 0 Å². The third-order valence-electron chi connectivity index (χ3n) is 5.75. The van der Waals surface area contributed by atoms with Crippen molar-refractivity contribution in [1.29, 1.82) is 0 Å². The molecule has 2 aromatic carbocycles. The molecule has 1 aliphatic rings.